The van der Waals surface area contributed by atoms with Gasteiger partial charge in [-0.05, 0) is 0 Å². The van der Waals surface area contributed by atoms with E-state index < -0.39 is 0 Å². The average Bonchev–Trinajstić information content (AvgIpc) is 1.41. The van der Waals surface area contributed by atoms with Crippen molar-refractivity contribution >= 4 is 32.1 Å². The molecule has 24 valence electrons. The summed E-state index contributed by atoms with van der Waals surface area (Å²) >= 11 is 1.50. The van der Waals surface area contributed by atoms with Crippen LogP contribution in [0.2, 0.25) is 0 Å². The maximum absolute atomic E-state index is 5.03. The summed E-state index contributed by atoms with van der Waals surface area (Å²) in [6.07, 6.45) is 1.72. The van der Waals surface area contributed by atoms with Crippen molar-refractivity contribution in [3.63, 3.8) is 0 Å². The quantitative estimate of drug-likeness (QED) is 0.419. The zero-order valence-electron chi connectivity index (χ0n) is 2.98. The maximum atomic E-state index is 5.03. The first-order chi connectivity index (χ1) is 2.41. The van der Waals surface area contributed by atoms with Crippen LogP contribution in [0, 0.1) is 0 Å². The van der Waals surface area contributed by atoms with Gasteiger partial charge >= 0.3 is 37.8 Å². The molecule has 0 rings (SSSR count). The Balaban J connectivity index is 2.40. The molecular weight excluding hydrogens is 77.7 g/mol. The van der Waals surface area contributed by atoms with Crippen LogP contribution in [0.25, 0.3) is 0 Å². The van der Waals surface area contributed by atoms with E-state index in [-0.39, 0.29) is 0 Å². The Bertz CT molecular complexity index is 28.8. The van der Waals surface area contributed by atoms with Gasteiger partial charge in [-0.15, -0.1) is 0 Å². The minimum atomic E-state index is 0.642. The van der Waals surface area contributed by atoms with Crippen molar-refractivity contribution in [2.45, 2.75) is 0 Å². The van der Waals surface area contributed by atoms with Crippen molar-refractivity contribution in [1.82, 2.24) is 0 Å². The first-order valence-electron chi connectivity index (χ1n) is 1.34. The third-order valence-electron chi connectivity index (χ3n) is 0.214. The summed E-state index contributed by atoms with van der Waals surface area (Å²) in [5.74, 6) is 0. The van der Waals surface area contributed by atoms with Crippen LogP contribution in [0.4, 0.5) is 0 Å². The summed E-state index contributed by atoms with van der Waals surface area (Å²) in [5, 5.41) is 0. The molecule has 0 unspecified atom stereocenters. The van der Waals surface area contributed by atoms with Crippen LogP contribution in [0.1, 0.15) is 0 Å². The molecule has 0 aromatic rings. The van der Waals surface area contributed by atoms with Gasteiger partial charge in [-0.3, -0.25) is 0 Å². The second-order valence-electron chi connectivity index (χ2n) is 0.500. The second-order valence-corrected chi connectivity index (χ2v) is 1.50. The molecule has 0 aromatic carbocycles. The molecule has 0 saturated carbocycles. The van der Waals surface area contributed by atoms with E-state index in [1.165, 1.54) is 11.6 Å². The molecule has 0 aliphatic rings. The van der Waals surface area contributed by atoms with Gasteiger partial charge in [0.1, 0.15) is 0 Å². The van der Waals surface area contributed by atoms with Crippen molar-refractivity contribution in [1.29, 1.82) is 0 Å². The molecule has 0 nitrogen and oxygen atoms in total. The Morgan fingerprint density at radius 2 is 2.60 bits per heavy atom. The molecular formula is C2H4B2S. The summed E-state index contributed by atoms with van der Waals surface area (Å²) < 4.78 is 0. The SMILES string of the molecule is [B]CSB=C. The third-order valence-corrected chi connectivity index (χ3v) is 0.642. The van der Waals surface area contributed by atoms with Crippen LogP contribution in [0.5, 0.6) is 0 Å². The summed E-state index contributed by atoms with van der Waals surface area (Å²) in [4.78, 5) is 0. The predicted octanol–water partition coefficient (Wildman–Crippen LogP) is -0.103. The summed E-state index contributed by atoms with van der Waals surface area (Å²) in [5.41, 5.74) is 0.642. The number of hydrogen-bond donors (Lipinski definition) is 0. The van der Waals surface area contributed by atoms with Gasteiger partial charge in [-0.2, -0.15) is 0 Å². The van der Waals surface area contributed by atoms with Gasteiger partial charge in [-0.25, -0.2) is 0 Å². The van der Waals surface area contributed by atoms with E-state index in [2.05, 4.69) is 6.47 Å². The average molecular weight is 81.7 g/mol. The fraction of sp³-hybridized carbons (Fsp3) is 0.500. The van der Waals surface area contributed by atoms with Crippen LogP contribution in [0.15, 0.2) is 0 Å². The predicted molar refractivity (Wildman–Crippen MR) is 31.1 cm³/mol. The standard InChI is InChI=1S/C2H4B2S/c1-4-5-2-3/h1-2H2. The van der Waals surface area contributed by atoms with Crippen LogP contribution >= 0.6 is 11.6 Å². The molecule has 5 heavy (non-hydrogen) atoms. The first-order valence-corrected chi connectivity index (χ1v) is 2.39. The van der Waals surface area contributed by atoms with E-state index in [0.717, 1.165) is 0 Å². The Labute approximate surface area is 38.6 Å². The monoisotopic (exact) mass is 82.0 g/mol. The van der Waals surface area contributed by atoms with Crippen LogP contribution in [0.3, 0.4) is 0 Å². The van der Waals surface area contributed by atoms with Crippen molar-refractivity contribution < 1.29 is 0 Å². The van der Waals surface area contributed by atoms with Crippen LogP contribution in [-0.2, 0) is 0 Å². The molecule has 0 amide bonds. The third kappa shape index (κ3) is 4.35. The van der Waals surface area contributed by atoms with E-state index in [9.17, 15) is 0 Å². The molecule has 0 saturated heterocycles. The van der Waals surface area contributed by atoms with E-state index in [0.29, 0.717) is 5.65 Å². The fourth-order valence-electron chi connectivity index (χ4n) is 0.0680. The van der Waals surface area contributed by atoms with Gasteiger partial charge in [0.25, 0.3) is 0 Å². The number of hydrogen-bond acceptors (Lipinski definition) is 1. The van der Waals surface area contributed by atoms with Gasteiger partial charge in [0.05, 0.1) is 0 Å². The van der Waals surface area contributed by atoms with Crippen LogP contribution in [-0.4, -0.2) is 26.2 Å². The van der Waals surface area contributed by atoms with Gasteiger partial charge in [0, 0.05) is 0 Å². The van der Waals surface area contributed by atoms with Crippen molar-refractivity contribution in [2.75, 3.05) is 5.65 Å². The summed E-state index contributed by atoms with van der Waals surface area (Å²) in [6.45, 7) is 3.43. The van der Waals surface area contributed by atoms with Crippen molar-refractivity contribution in [3.05, 3.63) is 0 Å². The zero-order valence-corrected chi connectivity index (χ0v) is 3.79. The Kier molecular flexibility index (Phi) is 4.65. The Morgan fingerprint density at radius 3 is 2.60 bits per heavy atom. The molecule has 0 heterocycles. The molecule has 0 aliphatic carbocycles. The molecule has 0 aromatic heterocycles. The molecule has 0 fully saturated rings. The second kappa shape index (κ2) is 4.35. The van der Waals surface area contributed by atoms with Crippen LogP contribution < -0.4 is 0 Å². The molecule has 0 spiro atoms. The van der Waals surface area contributed by atoms with Crippen molar-refractivity contribution in [3.8, 4) is 0 Å². The van der Waals surface area contributed by atoms with Crippen molar-refractivity contribution in [2.24, 2.45) is 0 Å². The Morgan fingerprint density at radius 1 is 2.00 bits per heavy atom. The molecule has 0 atom stereocenters. The van der Waals surface area contributed by atoms with Gasteiger partial charge in [0.2, 0.25) is 0 Å². The summed E-state index contributed by atoms with van der Waals surface area (Å²) in [6, 6.07) is 0. The van der Waals surface area contributed by atoms with E-state index >= 15 is 0 Å². The normalized spacial score (nSPS) is 6.40. The first kappa shape index (κ1) is 5.35. The topological polar surface area (TPSA) is 0 Å². The van der Waals surface area contributed by atoms with E-state index in [4.69, 9.17) is 7.85 Å². The zero-order chi connectivity index (χ0) is 4.12. The molecule has 3 heteroatoms. The summed E-state index contributed by atoms with van der Waals surface area (Å²) in [7, 11) is 5.03. The van der Waals surface area contributed by atoms with Gasteiger partial charge < -0.3 is 0 Å². The fourth-order valence-corrected chi connectivity index (χ4v) is 0.204. The Hall–Kier alpha value is 0.350. The molecule has 0 aliphatic heterocycles. The van der Waals surface area contributed by atoms with Gasteiger partial charge in [-0.1, -0.05) is 0 Å². The number of rotatable bonds is 2. The van der Waals surface area contributed by atoms with E-state index in [1.807, 2.05) is 0 Å². The van der Waals surface area contributed by atoms with Gasteiger partial charge in [0.15, 0.2) is 0 Å². The van der Waals surface area contributed by atoms with E-state index in [1.54, 1.807) is 6.20 Å². The molecule has 0 bridgehead atoms. The molecule has 0 N–H and O–H groups in total. The molecule has 2 radical (unpaired) electrons. The minimum absolute atomic E-state index is 0.642.